The first-order chi connectivity index (χ1) is 23.7. The van der Waals surface area contributed by atoms with E-state index in [2.05, 4.69) is 10.6 Å². The number of hydrogen-bond donors (Lipinski definition) is 5. The van der Waals surface area contributed by atoms with Crippen molar-refractivity contribution in [1.29, 1.82) is 0 Å². The van der Waals surface area contributed by atoms with Gasteiger partial charge in [-0.2, -0.15) is 0 Å². The molecule has 12 heteroatoms. The molecule has 1 heterocycles. The summed E-state index contributed by atoms with van der Waals surface area (Å²) in [4.78, 5) is 66.6. The van der Waals surface area contributed by atoms with Crippen LogP contribution >= 0.6 is 0 Å². The Kier molecular flexibility index (Phi) is 12.5. The van der Waals surface area contributed by atoms with E-state index in [1.54, 1.807) is 0 Å². The molecule has 266 valence electrons. The highest BCUT2D eigenvalue weighted by Crippen LogP contribution is 2.39. The molecule has 1 saturated heterocycles. The van der Waals surface area contributed by atoms with Crippen LogP contribution in [0, 0.1) is 0 Å². The zero-order chi connectivity index (χ0) is 36.5. The normalized spacial score (nSPS) is 18.0. The molecule has 4 atom stereocenters. The van der Waals surface area contributed by atoms with Crippen molar-refractivity contribution in [3.05, 3.63) is 107 Å². The number of nitrogens with one attached hydrogen (secondary N) is 2. The number of nitrogens with two attached hydrogens (primary N) is 2. The number of carbonyl (C=O) groups excluding carboxylic acids is 5. The fourth-order valence-corrected chi connectivity index (χ4v) is 6.56. The maximum absolute atomic E-state index is 13.7. The van der Waals surface area contributed by atoms with E-state index < -0.39 is 65.3 Å². The Labute approximate surface area is 292 Å². The predicted molar refractivity (Wildman–Crippen MR) is 187 cm³/mol. The molecule has 4 rings (SSSR count). The van der Waals surface area contributed by atoms with Crippen LogP contribution in [0.2, 0.25) is 0 Å². The highest BCUT2D eigenvalue weighted by atomic mass is 16.5. The van der Waals surface area contributed by atoms with Crippen LogP contribution in [0.1, 0.15) is 78.3 Å². The average Bonchev–Trinajstić information content (AvgIpc) is 3.53. The number of aliphatic hydroxyl groups excluding tert-OH is 1. The van der Waals surface area contributed by atoms with Gasteiger partial charge in [-0.25, -0.2) is 4.79 Å². The molecule has 0 spiro atoms. The van der Waals surface area contributed by atoms with Gasteiger partial charge in [0.05, 0.1) is 24.1 Å². The predicted octanol–water partition coefficient (Wildman–Crippen LogP) is 2.61. The number of rotatable bonds is 15. The lowest BCUT2D eigenvalue weighted by Gasteiger charge is -2.46. The molecular formula is C38H47N5O7. The molecule has 0 bridgehead atoms. The molecule has 0 saturated carbocycles. The first-order valence-corrected chi connectivity index (χ1v) is 16.7. The summed E-state index contributed by atoms with van der Waals surface area (Å²) in [5.74, 6) is -3.39. The second-order valence-electron chi connectivity index (χ2n) is 13.7. The molecule has 1 fully saturated rings. The summed E-state index contributed by atoms with van der Waals surface area (Å²) >= 11 is 0. The van der Waals surface area contributed by atoms with Crippen molar-refractivity contribution in [3.63, 3.8) is 0 Å². The summed E-state index contributed by atoms with van der Waals surface area (Å²) < 4.78 is 5.34. The number of hydrogen-bond acceptors (Lipinski definition) is 8. The summed E-state index contributed by atoms with van der Waals surface area (Å²) in [7, 11) is 0. The van der Waals surface area contributed by atoms with E-state index in [1.807, 2.05) is 86.3 Å². The van der Waals surface area contributed by atoms with E-state index in [0.29, 0.717) is 19.4 Å². The highest BCUT2D eigenvalue weighted by Gasteiger charge is 2.51. The van der Waals surface area contributed by atoms with Crippen LogP contribution in [-0.2, 0) is 32.1 Å². The molecule has 0 unspecified atom stereocenters. The van der Waals surface area contributed by atoms with E-state index >= 15 is 0 Å². The SMILES string of the molecule is CC(C)(C)N1CCC[C@@]1(C[C@@H](O)[C@H](Cc1ccccc1)NC(=O)[C@H](CC(N)=O)NC(=O)c1ccc(C(=O)OCc2ccccc2)cc1)C(N)=O. The lowest BCUT2D eigenvalue weighted by atomic mass is 9.82. The molecule has 3 aromatic carbocycles. The third-order valence-corrected chi connectivity index (χ3v) is 9.02. The molecule has 0 radical (unpaired) electrons. The fraction of sp³-hybridized carbons (Fsp3) is 0.395. The van der Waals surface area contributed by atoms with Crippen molar-refractivity contribution < 1.29 is 33.8 Å². The maximum atomic E-state index is 13.7. The van der Waals surface area contributed by atoms with Gasteiger partial charge in [-0.05, 0) is 82.0 Å². The molecule has 1 aliphatic rings. The van der Waals surface area contributed by atoms with Gasteiger partial charge in [0.25, 0.3) is 5.91 Å². The van der Waals surface area contributed by atoms with Gasteiger partial charge in [0, 0.05) is 17.5 Å². The number of amides is 4. The fourth-order valence-electron chi connectivity index (χ4n) is 6.56. The van der Waals surface area contributed by atoms with Crippen molar-refractivity contribution in [2.75, 3.05) is 6.54 Å². The van der Waals surface area contributed by atoms with Crippen molar-refractivity contribution in [1.82, 2.24) is 15.5 Å². The van der Waals surface area contributed by atoms with Gasteiger partial charge in [0.2, 0.25) is 17.7 Å². The molecule has 3 aromatic rings. The summed E-state index contributed by atoms with van der Waals surface area (Å²) in [6.45, 7) is 6.65. The summed E-state index contributed by atoms with van der Waals surface area (Å²) in [5, 5.41) is 17.1. The first-order valence-electron chi connectivity index (χ1n) is 16.7. The average molecular weight is 686 g/mol. The Balaban J connectivity index is 1.50. The minimum absolute atomic E-state index is 0.0373. The van der Waals surface area contributed by atoms with Crippen LogP contribution in [0.3, 0.4) is 0 Å². The monoisotopic (exact) mass is 685 g/mol. The van der Waals surface area contributed by atoms with Crippen molar-refractivity contribution in [2.45, 2.75) is 88.7 Å². The van der Waals surface area contributed by atoms with Crippen molar-refractivity contribution in [3.8, 4) is 0 Å². The van der Waals surface area contributed by atoms with Crippen LogP contribution in [0.15, 0.2) is 84.9 Å². The zero-order valence-corrected chi connectivity index (χ0v) is 28.8. The van der Waals surface area contributed by atoms with E-state index in [4.69, 9.17) is 16.2 Å². The van der Waals surface area contributed by atoms with E-state index in [9.17, 15) is 29.1 Å². The Morgan fingerprint density at radius 1 is 0.860 bits per heavy atom. The second kappa shape index (κ2) is 16.6. The standard InChI is InChI=1S/C38H47N5O7/c1-37(2,3)43-20-10-19-38(43,36(40)49)23-31(44)29(21-25-11-6-4-7-12-25)41-34(47)30(22-32(39)45)42-33(46)27-15-17-28(18-16-27)35(48)50-24-26-13-8-5-9-14-26/h4-9,11-18,29-31,44H,10,19-24H2,1-3H3,(H2,39,45)(H2,40,49)(H,41,47)(H,42,46)/t29-,30-,31+,38+/m0/s1. The number of ether oxygens (including phenoxy) is 1. The first kappa shape index (κ1) is 37.7. The number of aliphatic hydroxyl groups is 1. The summed E-state index contributed by atoms with van der Waals surface area (Å²) in [6, 6.07) is 21.7. The van der Waals surface area contributed by atoms with E-state index in [-0.39, 0.29) is 30.6 Å². The Morgan fingerprint density at radius 2 is 1.44 bits per heavy atom. The Morgan fingerprint density at radius 3 is 2.00 bits per heavy atom. The number of nitrogens with zero attached hydrogens (tertiary/aromatic N) is 1. The van der Waals surface area contributed by atoms with E-state index in [1.165, 1.54) is 24.3 Å². The third kappa shape index (κ3) is 9.76. The topological polar surface area (TPSA) is 194 Å². The number of likely N-dealkylation sites (tertiary alicyclic amines) is 1. The van der Waals surface area contributed by atoms with Gasteiger partial charge in [-0.15, -0.1) is 0 Å². The van der Waals surface area contributed by atoms with Crippen molar-refractivity contribution in [2.24, 2.45) is 11.5 Å². The van der Waals surface area contributed by atoms with Gasteiger partial charge < -0.3 is 31.9 Å². The summed E-state index contributed by atoms with van der Waals surface area (Å²) in [6.07, 6.45) is -0.425. The highest BCUT2D eigenvalue weighted by molar-refractivity contribution is 5.99. The molecule has 0 aliphatic carbocycles. The second-order valence-corrected chi connectivity index (χ2v) is 13.7. The number of esters is 1. The maximum Gasteiger partial charge on any atom is 0.338 e. The van der Waals surface area contributed by atoms with Crippen molar-refractivity contribution >= 4 is 29.6 Å². The molecule has 12 nitrogen and oxygen atoms in total. The van der Waals surface area contributed by atoms with Gasteiger partial charge in [-0.3, -0.25) is 24.1 Å². The van der Waals surface area contributed by atoms with Crippen LogP contribution in [0.5, 0.6) is 0 Å². The minimum atomic E-state index is -1.39. The third-order valence-electron chi connectivity index (χ3n) is 9.02. The van der Waals surface area contributed by atoms with Crippen LogP contribution in [0.25, 0.3) is 0 Å². The molecule has 4 amide bonds. The molecule has 0 aromatic heterocycles. The van der Waals surface area contributed by atoms with E-state index in [0.717, 1.165) is 11.1 Å². The largest absolute Gasteiger partial charge is 0.457 e. The van der Waals surface area contributed by atoms with Crippen LogP contribution in [0.4, 0.5) is 0 Å². The molecule has 50 heavy (non-hydrogen) atoms. The van der Waals surface area contributed by atoms with Crippen LogP contribution < -0.4 is 22.1 Å². The number of benzene rings is 3. The molecular weight excluding hydrogens is 638 g/mol. The summed E-state index contributed by atoms with van der Waals surface area (Å²) in [5.41, 5.74) is 11.9. The van der Waals surface area contributed by atoms with Gasteiger partial charge in [-0.1, -0.05) is 60.7 Å². The quantitative estimate of drug-likeness (QED) is 0.151. The number of carbonyl (C=O) groups is 5. The lowest BCUT2D eigenvalue weighted by molar-refractivity contribution is -0.135. The Hall–Kier alpha value is -5.07. The molecule has 7 N–H and O–H groups in total. The van der Waals surface area contributed by atoms with Gasteiger partial charge in [0.1, 0.15) is 18.2 Å². The minimum Gasteiger partial charge on any atom is -0.457 e. The molecule has 1 aliphatic heterocycles. The van der Waals surface area contributed by atoms with Gasteiger partial charge >= 0.3 is 5.97 Å². The lowest BCUT2D eigenvalue weighted by Crippen LogP contribution is -2.63. The smallest absolute Gasteiger partial charge is 0.338 e. The Bertz CT molecular complexity index is 1640. The number of primary amides is 2. The van der Waals surface area contributed by atoms with Gasteiger partial charge in [0.15, 0.2) is 0 Å². The van der Waals surface area contributed by atoms with Crippen LogP contribution in [-0.4, -0.2) is 75.4 Å². The zero-order valence-electron chi connectivity index (χ0n) is 28.8.